The molecule has 2 unspecified atom stereocenters. The standard InChI is InChI=1S/C17H25N3O/c1-5-13(2)20-11-10-16(19-20)12-21-17-8-6-15(7-9-17)14(3)18-4/h6-11,13-14,18H,5,12H2,1-4H3. The third kappa shape index (κ3) is 4.08. The van der Waals surface area contributed by atoms with Crippen LogP contribution in [-0.2, 0) is 6.61 Å². The average molecular weight is 287 g/mol. The van der Waals surface area contributed by atoms with Crippen molar-refractivity contribution in [3.63, 3.8) is 0 Å². The van der Waals surface area contributed by atoms with Crippen molar-refractivity contribution in [3.05, 3.63) is 47.8 Å². The first-order chi connectivity index (χ1) is 10.1. The van der Waals surface area contributed by atoms with Crippen LogP contribution in [0.2, 0.25) is 0 Å². The Kier molecular flexibility index (Phi) is 5.39. The number of rotatable bonds is 7. The number of ether oxygens (including phenoxy) is 1. The fourth-order valence-electron chi connectivity index (χ4n) is 2.06. The van der Waals surface area contributed by atoms with E-state index in [1.165, 1.54) is 5.56 Å². The second-order valence-corrected chi connectivity index (χ2v) is 5.41. The highest BCUT2D eigenvalue weighted by Gasteiger charge is 2.06. The lowest BCUT2D eigenvalue weighted by Crippen LogP contribution is -2.11. The number of aromatic nitrogens is 2. The minimum absolute atomic E-state index is 0.352. The molecule has 1 heterocycles. The van der Waals surface area contributed by atoms with Gasteiger partial charge in [-0.2, -0.15) is 5.10 Å². The second kappa shape index (κ2) is 7.27. The van der Waals surface area contributed by atoms with Crippen LogP contribution in [0, 0.1) is 0 Å². The first-order valence-electron chi connectivity index (χ1n) is 7.58. The highest BCUT2D eigenvalue weighted by atomic mass is 16.5. The lowest BCUT2D eigenvalue weighted by molar-refractivity contribution is 0.298. The van der Waals surface area contributed by atoms with E-state index in [9.17, 15) is 0 Å². The van der Waals surface area contributed by atoms with Gasteiger partial charge in [-0.3, -0.25) is 4.68 Å². The third-order valence-electron chi connectivity index (χ3n) is 3.91. The summed E-state index contributed by atoms with van der Waals surface area (Å²) in [5, 5.41) is 7.76. The van der Waals surface area contributed by atoms with Gasteiger partial charge in [-0.1, -0.05) is 19.1 Å². The minimum Gasteiger partial charge on any atom is -0.487 e. The number of hydrogen-bond donors (Lipinski definition) is 1. The molecule has 0 amide bonds. The van der Waals surface area contributed by atoms with Gasteiger partial charge < -0.3 is 10.1 Å². The maximum absolute atomic E-state index is 5.79. The monoisotopic (exact) mass is 287 g/mol. The van der Waals surface area contributed by atoms with Crippen LogP contribution in [0.15, 0.2) is 36.5 Å². The molecule has 2 aromatic rings. The molecule has 0 fully saturated rings. The molecule has 1 aromatic heterocycles. The van der Waals surface area contributed by atoms with Crippen molar-refractivity contribution in [1.82, 2.24) is 15.1 Å². The van der Waals surface area contributed by atoms with Gasteiger partial charge in [-0.05, 0) is 51.1 Å². The molecular weight excluding hydrogens is 262 g/mol. The lowest BCUT2D eigenvalue weighted by atomic mass is 10.1. The maximum atomic E-state index is 5.79. The summed E-state index contributed by atoms with van der Waals surface area (Å²) in [6.07, 6.45) is 3.09. The fourth-order valence-corrected chi connectivity index (χ4v) is 2.06. The van der Waals surface area contributed by atoms with Crippen molar-refractivity contribution in [2.24, 2.45) is 0 Å². The van der Waals surface area contributed by atoms with E-state index in [1.807, 2.05) is 36.1 Å². The first-order valence-corrected chi connectivity index (χ1v) is 7.58. The molecule has 0 spiro atoms. The van der Waals surface area contributed by atoms with E-state index in [0.717, 1.165) is 17.9 Å². The van der Waals surface area contributed by atoms with Crippen LogP contribution in [0.3, 0.4) is 0 Å². The van der Waals surface area contributed by atoms with Crippen molar-refractivity contribution in [1.29, 1.82) is 0 Å². The second-order valence-electron chi connectivity index (χ2n) is 5.41. The van der Waals surface area contributed by atoms with Crippen LogP contribution >= 0.6 is 0 Å². The molecule has 2 atom stereocenters. The Labute approximate surface area is 127 Å². The molecule has 0 aliphatic heterocycles. The van der Waals surface area contributed by atoms with Crippen molar-refractivity contribution in [3.8, 4) is 5.75 Å². The van der Waals surface area contributed by atoms with Crippen LogP contribution in [0.1, 0.15) is 50.5 Å². The molecule has 1 N–H and O–H groups in total. The molecule has 21 heavy (non-hydrogen) atoms. The van der Waals surface area contributed by atoms with Crippen LogP contribution < -0.4 is 10.1 Å². The Morgan fingerprint density at radius 1 is 1.19 bits per heavy atom. The molecule has 0 radical (unpaired) electrons. The summed E-state index contributed by atoms with van der Waals surface area (Å²) >= 11 is 0. The van der Waals surface area contributed by atoms with Gasteiger partial charge in [0.1, 0.15) is 12.4 Å². The minimum atomic E-state index is 0.352. The SMILES string of the molecule is CCC(C)n1ccc(COc2ccc(C(C)NC)cc2)n1. The van der Waals surface area contributed by atoms with E-state index >= 15 is 0 Å². The lowest BCUT2D eigenvalue weighted by Gasteiger charge is -2.11. The van der Waals surface area contributed by atoms with Crippen molar-refractivity contribution >= 4 is 0 Å². The summed E-state index contributed by atoms with van der Waals surface area (Å²) in [7, 11) is 1.96. The molecule has 114 valence electrons. The van der Waals surface area contributed by atoms with Gasteiger partial charge in [0.05, 0.1) is 5.69 Å². The van der Waals surface area contributed by atoms with Gasteiger partial charge in [0.25, 0.3) is 0 Å². The van der Waals surface area contributed by atoms with E-state index in [4.69, 9.17) is 4.74 Å². The predicted molar refractivity (Wildman–Crippen MR) is 85.5 cm³/mol. The van der Waals surface area contributed by atoms with Gasteiger partial charge in [-0.15, -0.1) is 0 Å². The summed E-state index contributed by atoms with van der Waals surface area (Å²) in [5.74, 6) is 0.875. The number of benzene rings is 1. The zero-order valence-electron chi connectivity index (χ0n) is 13.3. The Hall–Kier alpha value is -1.81. The Morgan fingerprint density at radius 2 is 1.90 bits per heavy atom. The van der Waals surface area contributed by atoms with E-state index in [1.54, 1.807) is 0 Å². The Bertz CT molecular complexity index is 547. The molecule has 0 saturated heterocycles. The topological polar surface area (TPSA) is 39.1 Å². The van der Waals surface area contributed by atoms with Crippen LogP contribution in [0.25, 0.3) is 0 Å². The molecule has 0 aliphatic rings. The van der Waals surface area contributed by atoms with Gasteiger partial charge >= 0.3 is 0 Å². The van der Waals surface area contributed by atoms with E-state index < -0.39 is 0 Å². The molecule has 1 aromatic carbocycles. The van der Waals surface area contributed by atoms with Crippen molar-refractivity contribution < 1.29 is 4.74 Å². The molecular formula is C17H25N3O. The van der Waals surface area contributed by atoms with Crippen molar-refractivity contribution in [2.45, 2.75) is 45.9 Å². The molecule has 4 nitrogen and oxygen atoms in total. The van der Waals surface area contributed by atoms with Gasteiger partial charge in [0.2, 0.25) is 0 Å². The van der Waals surface area contributed by atoms with Gasteiger partial charge in [-0.25, -0.2) is 0 Å². The Morgan fingerprint density at radius 3 is 2.52 bits per heavy atom. The summed E-state index contributed by atoms with van der Waals surface area (Å²) in [6.45, 7) is 6.97. The normalized spacial score (nSPS) is 13.9. The predicted octanol–water partition coefficient (Wildman–Crippen LogP) is 3.71. The van der Waals surface area contributed by atoms with Crippen LogP contribution in [-0.4, -0.2) is 16.8 Å². The quantitative estimate of drug-likeness (QED) is 0.843. The zero-order chi connectivity index (χ0) is 15.2. The maximum Gasteiger partial charge on any atom is 0.132 e. The molecule has 0 saturated carbocycles. The first kappa shape index (κ1) is 15.6. The average Bonchev–Trinajstić information content (AvgIpc) is 3.01. The largest absolute Gasteiger partial charge is 0.487 e. The Balaban J connectivity index is 1.92. The third-order valence-corrected chi connectivity index (χ3v) is 3.91. The van der Waals surface area contributed by atoms with Gasteiger partial charge in [0, 0.05) is 18.3 Å². The number of nitrogens with one attached hydrogen (secondary N) is 1. The number of nitrogens with zero attached hydrogens (tertiary/aromatic N) is 2. The fraction of sp³-hybridized carbons (Fsp3) is 0.471. The van der Waals surface area contributed by atoms with E-state index in [0.29, 0.717) is 18.7 Å². The smallest absolute Gasteiger partial charge is 0.132 e. The zero-order valence-corrected chi connectivity index (χ0v) is 13.3. The van der Waals surface area contributed by atoms with Gasteiger partial charge in [0.15, 0.2) is 0 Å². The molecule has 0 bridgehead atoms. The van der Waals surface area contributed by atoms with Crippen LogP contribution in [0.5, 0.6) is 5.75 Å². The van der Waals surface area contributed by atoms with Crippen LogP contribution in [0.4, 0.5) is 0 Å². The highest BCUT2D eigenvalue weighted by molar-refractivity contribution is 5.29. The highest BCUT2D eigenvalue weighted by Crippen LogP contribution is 2.18. The summed E-state index contributed by atoms with van der Waals surface area (Å²) in [5.41, 5.74) is 2.22. The molecule has 4 heteroatoms. The summed E-state index contributed by atoms with van der Waals surface area (Å²) < 4.78 is 7.79. The summed E-state index contributed by atoms with van der Waals surface area (Å²) in [4.78, 5) is 0. The number of hydrogen-bond acceptors (Lipinski definition) is 3. The van der Waals surface area contributed by atoms with E-state index in [-0.39, 0.29) is 0 Å². The molecule has 2 rings (SSSR count). The summed E-state index contributed by atoms with van der Waals surface area (Å²) in [6, 6.07) is 11.0. The van der Waals surface area contributed by atoms with Crippen molar-refractivity contribution in [2.75, 3.05) is 7.05 Å². The molecule has 0 aliphatic carbocycles. The van der Waals surface area contributed by atoms with E-state index in [2.05, 4.69) is 43.3 Å².